The lowest BCUT2D eigenvalue weighted by molar-refractivity contribution is -0.115. The van der Waals surface area contributed by atoms with Crippen molar-refractivity contribution < 1.29 is 9.53 Å². The van der Waals surface area contributed by atoms with E-state index in [2.05, 4.69) is 15.5 Å². The Morgan fingerprint density at radius 3 is 2.76 bits per heavy atom. The number of ether oxygens (including phenoxy) is 1. The zero-order valence-corrected chi connectivity index (χ0v) is 11.5. The lowest BCUT2D eigenvalue weighted by Gasteiger charge is -2.04. The largest absolute Gasteiger partial charge is 0.497 e. The molecule has 3 rings (SSSR count). The summed E-state index contributed by atoms with van der Waals surface area (Å²) in [6, 6.07) is 12.9. The van der Waals surface area contributed by atoms with Gasteiger partial charge in [0.2, 0.25) is 11.9 Å². The Morgan fingerprint density at radius 1 is 1.19 bits per heavy atom. The first-order chi connectivity index (χ1) is 10.3. The molecule has 1 amide bonds. The first-order valence-electron chi connectivity index (χ1n) is 6.49. The Balaban J connectivity index is 1.71. The van der Waals surface area contributed by atoms with Gasteiger partial charge in [0.05, 0.1) is 13.5 Å². The van der Waals surface area contributed by atoms with E-state index >= 15 is 0 Å². The van der Waals surface area contributed by atoms with E-state index in [9.17, 15) is 4.79 Å². The van der Waals surface area contributed by atoms with E-state index < -0.39 is 0 Å². The van der Waals surface area contributed by atoms with E-state index in [-0.39, 0.29) is 12.3 Å². The van der Waals surface area contributed by atoms with Gasteiger partial charge in [-0.2, -0.15) is 0 Å². The normalized spacial score (nSPS) is 10.5. The Morgan fingerprint density at radius 2 is 2.00 bits per heavy atom. The number of nitrogens with one attached hydrogen (secondary N) is 1. The van der Waals surface area contributed by atoms with Crippen LogP contribution in [-0.2, 0) is 11.2 Å². The molecule has 0 saturated heterocycles. The molecule has 6 nitrogen and oxygen atoms in total. The van der Waals surface area contributed by atoms with Crippen LogP contribution in [0, 0.1) is 0 Å². The molecule has 0 atom stereocenters. The second-order valence-corrected chi connectivity index (χ2v) is 4.53. The third kappa shape index (κ3) is 2.84. The number of hydrogen-bond acceptors (Lipinski definition) is 4. The summed E-state index contributed by atoms with van der Waals surface area (Å²) in [7, 11) is 1.61. The minimum absolute atomic E-state index is 0.140. The van der Waals surface area contributed by atoms with Crippen LogP contribution >= 0.6 is 0 Å². The summed E-state index contributed by atoms with van der Waals surface area (Å²) in [5, 5.41) is 10.7. The minimum atomic E-state index is -0.140. The molecule has 6 heteroatoms. The van der Waals surface area contributed by atoms with E-state index in [0.29, 0.717) is 11.6 Å². The van der Waals surface area contributed by atoms with Gasteiger partial charge in [-0.15, -0.1) is 10.2 Å². The maximum absolute atomic E-state index is 12.1. The van der Waals surface area contributed by atoms with Gasteiger partial charge in [-0.05, 0) is 29.8 Å². The average molecular weight is 282 g/mol. The number of benzene rings is 1. The summed E-state index contributed by atoms with van der Waals surface area (Å²) in [5.41, 5.74) is 1.60. The molecule has 106 valence electrons. The van der Waals surface area contributed by atoms with Gasteiger partial charge in [0.25, 0.3) is 0 Å². The number of nitrogens with zero attached hydrogens (tertiary/aromatic N) is 3. The van der Waals surface area contributed by atoms with Crippen molar-refractivity contribution in [2.75, 3.05) is 12.4 Å². The van der Waals surface area contributed by atoms with E-state index in [0.717, 1.165) is 11.3 Å². The second kappa shape index (κ2) is 5.62. The lowest BCUT2D eigenvalue weighted by atomic mass is 10.1. The first-order valence-corrected chi connectivity index (χ1v) is 6.49. The zero-order valence-electron chi connectivity index (χ0n) is 11.5. The second-order valence-electron chi connectivity index (χ2n) is 4.53. The molecule has 0 bridgehead atoms. The highest BCUT2D eigenvalue weighted by molar-refractivity contribution is 5.91. The molecule has 0 aliphatic carbocycles. The summed E-state index contributed by atoms with van der Waals surface area (Å²) >= 11 is 0. The Labute approximate surface area is 121 Å². The fraction of sp³-hybridized carbons (Fsp3) is 0.133. The van der Waals surface area contributed by atoms with Crippen molar-refractivity contribution >= 4 is 17.5 Å². The molecule has 0 radical (unpaired) electrons. The molecule has 0 aliphatic heterocycles. The number of aromatic nitrogens is 3. The Bertz CT molecular complexity index is 765. The fourth-order valence-electron chi connectivity index (χ4n) is 2.02. The standard InChI is InChI=1S/C15H14N4O2/c1-21-12-7-5-11(6-8-12)10-14(20)16-15-18-17-13-4-2-3-9-19(13)15/h2-9H,10H2,1H3,(H,16,18,20). The fourth-order valence-corrected chi connectivity index (χ4v) is 2.02. The maximum Gasteiger partial charge on any atom is 0.235 e. The molecule has 21 heavy (non-hydrogen) atoms. The molecule has 0 spiro atoms. The highest BCUT2D eigenvalue weighted by Crippen LogP contribution is 2.13. The molecule has 2 aromatic heterocycles. The predicted octanol–water partition coefficient (Wildman–Crippen LogP) is 1.92. The van der Waals surface area contributed by atoms with Crippen LogP contribution in [-0.4, -0.2) is 27.6 Å². The Kier molecular flexibility index (Phi) is 3.51. The molecular weight excluding hydrogens is 268 g/mol. The molecule has 0 aliphatic rings. The molecule has 0 unspecified atom stereocenters. The van der Waals surface area contributed by atoms with Gasteiger partial charge < -0.3 is 4.74 Å². The first kappa shape index (κ1) is 13.1. The van der Waals surface area contributed by atoms with Gasteiger partial charge in [0, 0.05) is 6.20 Å². The van der Waals surface area contributed by atoms with E-state index in [4.69, 9.17) is 4.74 Å². The maximum atomic E-state index is 12.1. The SMILES string of the molecule is COc1ccc(CC(=O)Nc2nnc3ccccn23)cc1. The number of pyridine rings is 1. The number of amides is 1. The number of rotatable bonds is 4. The third-order valence-electron chi connectivity index (χ3n) is 3.09. The van der Waals surface area contributed by atoms with Crippen LogP contribution < -0.4 is 10.1 Å². The van der Waals surface area contributed by atoms with Crippen LogP contribution in [0.2, 0.25) is 0 Å². The smallest absolute Gasteiger partial charge is 0.235 e. The molecule has 1 aromatic carbocycles. The van der Waals surface area contributed by atoms with Gasteiger partial charge in [0.15, 0.2) is 5.65 Å². The number of carbonyl (C=O) groups is 1. The average Bonchev–Trinajstić information content (AvgIpc) is 2.91. The lowest BCUT2D eigenvalue weighted by Crippen LogP contribution is -2.16. The van der Waals surface area contributed by atoms with Crippen molar-refractivity contribution in [2.24, 2.45) is 0 Å². The summed E-state index contributed by atoms with van der Waals surface area (Å²) in [6.45, 7) is 0. The van der Waals surface area contributed by atoms with Crippen LogP contribution in [0.3, 0.4) is 0 Å². The summed E-state index contributed by atoms with van der Waals surface area (Å²) < 4.78 is 6.81. The minimum Gasteiger partial charge on any atom is -0.497 e. The van der Waals surface area contributed by atoms with Crippen LogP contribution in [0.25, 0.3) is 5.65 Å². The van der Waals surface area contributed by atoms with E-state index in [1.165, 1.54) is 0 Å². The molecule has 1 N–H and O–H groups in total. The van der Waals surface area contributed by atoms with Gasteiger partial charge in [-0.3, -0.25) is 14.5 Å². The molecule has 0 fully saturated rings. The van der Waals surface area contributed by atoms with Crippen molar-refractivity contribution in [1.82, 2.24) is 14.6 Å². The van der Waals surface area contributed by atoms with Crippen LogP contribution in [0.1, 0.15) is 5.56 Å². The molecule has 0 saturated carbocycles. The van der Waals surface area contributed by atoms with Crippen LogP contribution in [0.4, 0.5) is 5.95 Å². The topological polar surface area (TPSA) is 68.5 Å². The monoisotopic (exact) mass is 282 g/mol. The van der Waals surface area contributed by atoms with Crippen molar-refractivity contribution in [2.45, 2.75) is 6.42 Å². The van der Waals surface area contributed by atoms with Crippen molar-refractivity contribution in [3.05, 3.63) is 54.2 Å². The predicted molar refractivity (Wildman–Crippen MR) is 78.3 cm³/mol. The van der Waals surface area contributed by atoms with Crippen molar-refractivity contribution in [3.8, 4) is 5.75 Å². The number of methoxy groups -OCH3 is 1. The number of anilines is 1. The van der Waals surface area contributed by atoms with Gasteiger partial charge in [-0.1, -0.05) is 18.2 Å². The molecule has 3 aromatic rings. The number of fused-ring (bicyclic) bond motifs is 1. The summed E-state index contributed by atoms with van der Waals surface area (Å²) in [4.78, 5) is 12.1. The number of hydrogen-bond donors (Lipinski definition) is 1. The summed E-state index contributed by atoms with van der Waals surface area (Å²) in [5.74, 6) is 1.05. The van der Waals surface area contributed by atoms with Crippen LogP contribution in [0.5, 0.6) is 5.75 Å². The van der Waals surface area contributed by atoms with Gasteiger partial charge >= 0.3 is 0 Å². The quantitative estimate of drug-likeness (QED) is 0.793. The third-order valence-corrected chi connectivity index (χ3v) is 3.09. The van der Waals surface area contributed by atoms with Gasteiger partial charge in [-0.25, -0.2) is 0 Å². The molecular formula is C15H14N4O2. The Hall–Kier alpha value is -2.89. The van der Waals surface area contributed by atoms with Crippen LogP contribution in [0.15, 0.2) is 48.7 Å². The number of carbonyl (C=O) groups excluding carboxylic acids is 1. The molecule has 2 heterocycles. The highest BCUT2D eigenvalue weighted by atomic mass is 16.5. The van der Waals surface area contributed by atoms with E-state index in [1.54, 1.807) is 17.7 Å². The summed E-state index contributed by atoms with van der Waals surface area (Å²) in [6.07, 6.45) is 2.07. The van der Waals surface area contributed by atoms with Crippen molar-refractivity contribution in [3.63, 3.8) is 0 Å². The van der Waals surface area contributed by atoms with Crippen molar-refractivity contribution in [1.29, 1.82) is 0 Å². The zero-order chi connectivity index (χ0) is 14.7. The van der Waals surface area contributed by atoms with E-state index in [1.807, 2.05) is 42.5 Å². The highest BCUT2D eigenvalue weighted by Gasteiger charge is 2.09. The van der Waals surface area contributed by atoms with Gasteiger partial charge in [0.1, 0.15) is 5.75 Å².